The van der Waals surface area contributed by atoms with E-state index in [0.29, 0.717) is 24.5 Å². The zero-order valence-corrected chi connectivity index (χ0v) is 15.0. The van der Waals surface area contributed by atoms with Crippen molar-refractivity contribution in [1.29, 1.82) is 0 Å². The van der Waals surface area contributed by atoms with Gasteiger partial charge in [-0.05, 0) is 24.6 Å². The van der Waals surface area contributed by atoms with E-state index in [2.05, 4.69) is 17.0 Å². The molecular formula is C21H21N3O2. The van der Waals surface area contributed by atoms with Crippen LogP contribution in [-0.2, 0) is 16.1 Å². The molecule has 4 rings (SSSR count). The molecule has 0 atom stereocenters. The fourth-order valence-electron chi connectivity index (χ4n) is 3.53. The Morgan fingerprint density at radius 2 is 1.62 bits per heavy atom. The quantitative estimate of drug-likeness (QED) is 0.801. The van der Waals surface area contributed by atoms with Gasteiger partial charge in [0.25, 0.3) is 11.8 Å². The van der Waals surface area contributed by atoms with Crippen molar-refractivity contribution < 1.29 is 9.59 Å². The Labute approximate surface area is 153 Å². The number of hydrogen-bond acceptors (Lipinski definition) is 4. The summed E-state index contributed by atoms with van der Waals surface area (Å²) in [7, 11) is 1.55. The minimum atomic E-state index is -0.218. The van der Waals surface area contributed by atoms with Crippen LogP contribution >= 0.6 is 0 Å². The summed E-state index contributed by atoms with van der Waals surface area (Å²) < 4.78 is 0. The highest BCUT2D eigenvalue weighted by Gasteiger charge is 2.42. The van der Waals surface area contributed by atoms with E-state index >= 15 is 0 Å². The van der Waals surface area contributed by atoms with Gasteiger partial charge in [-0.3, -0.25) is 19.4 Å². The number of rotatable bonds is 3. The normalized spacial score (nSPS) is 17.9. The number of likely N-dealkylation sites (N-methyl/N-ethyl adjacent to an activating group) is 1. The summed E-state index contributed by atoms with van der Waals surface area (Å²) in [4.78, 5) is 30.6. The van der Waals surface area contributed by atoms with Crippen molar-refractivity contribution in [3.63, 3.8) is 0 Å². The van der Waals surface area contributed by atoms with Crippen LogP contribution in [0.25, 0.3) is 0 Å². The highest BCUT2D eigenvalue weighted by molar-refractivity contribution is 6.21. The van der Waals surface area contributed by atoms with Gasteiger partial charge in [-0.15, -0.1) is 0 Å². The Bertz CT molecular complexity index is 887. The number of carbonyl (C=O) groups excluding carboxylic acids is 2. The van der Waals surface area contributed by atoms with Gasteiger partial charge < -0.3 is 4.90 Å². The fourth-order valence-corrected chi connectivity index (χ4v) is 3.53. The Hall–Kier alpha value is -2.92. The van der Waals surface area contributed by atoms with Gasteiger partial charge in [0.1, 0.15) is 5.70 Å². The van der Waals surface area contributed by atoms with E-state index in [1.54, 1.807) is 7.05 Å². The number of hydrogen-bond donors (Lipinski definition) is 0. The second-order valence-corrected chi connectivity index (χ2v) is 6.87. The second-order valence-electron chi connectivity index (χ2n) is 6.87. The Morgan fingerprint density at radius 1 is 0.923 bits per heavy atom. The molecule has 0 fully saturated rings. The van der Waals surface area contributed by atoms with Crippen LogP contribution in [0.3, 0.4) is 0 Å². The molecule has 0 aromatic heterocycles. The average Bonchev–Trinajstić information content (AvgIpc) is 2.87. The molecular weight excluding hydrogens is 326 g/mol. The van der Waals surface area contributed by atoms with Crippen molar-refractivity contribution in [1.82, 2.24) is 9.80 Å². The molecule has 2 aliphatic rings. The first-order chi connectivity index (χ1) is 12.5. The molecule has 0 aliphatic carbocycles. The third-order valence-corrected chi connectivity index (χ3v) is 4.94. The smallest absolute Gasteiger partial charge is 0.277 e. The molecule has 132 valence electrons. The van der Waals surface area contributed by atoms with Crippen molar-refractivity contribution in [3.8, 4) is 0 Å². The molecule has 0 radical (unpaired) electrons. The molecule has 2 aromatic carbocycles. The first-order valence-corrected chi connectivity index (χ1v) is 8.70. The molecule has 2 aliphatic heterocycles. The molecule has 0 spiro atoms. The zero-order chi connectivity index (χ0) is 18.3. The lowest BCUT2D eigenvalue weighted by Crippen LogP contribution is -2.44. The van der Waals surface area contributed by atoms with E-state index in [1.165, 1.54) is 10.5 Å². The number of anilines is 1. The van der Waals surface area contributed by atoms with Gasteiger partial charge in [0.05, 0.1) is 12.2 Å². The van der Waals surface area contributed by atoms with E-state index in [0.717, 1.165) is 17.8 Å². The minimum Gasteiger partial charge on any atom is -0.323 e. The number of imide groups is 1. The highest BCUT2D eigenvalue weighted by Crippen LogP contribution is 2.32. The lowest BCUT2D eigenvalue weighted by molar-refractivity contribution is -0.135. The van der Waals surface area contributed by atoms with E-state index in [4.69, 9.17) is 0 Å². The molecule has 0 saturated carbocycles. The van der Waals surface area contributed by atoms with Gasteiger partial charge >= 0.3 is 0 Å². The van der Waals surface area contributed by atoms with Crippen LogP contribution in [0.5, 0.6) is 0 Å². The van der Waals surface area contributed by atoms with Crippen LogP contribution in [0, 0.1) is 6.92 Å². The summed E-state index contributed by atoms with van der Waals surface area (Å²) in [5.41, 5.74) is 4.38. The Balaban J connectivity index is 1.71. The van der Waals surface area contributed by atoms with Crippen molar-refractivity contribution in [2.45, 2.75) is 13.5 Å². The Morgan fingerprint density at radius 3 is 2.31 bits per heavy atom. The standard InChI is InChI=1S/C21H21N3O2/c1-15-8-10-17(11-9-15)24-14-23(12-16-6-4-3-5-7-16)13-18-19(24)21(26)22(2)20(18)25/h3-11H,12-14H2,1-2H3. The van der Waals surface area contributed by atoms with E-state index < -0.39 is 0 Å². The van der Waals surface area contributed by atoms with Gasteiger partial charge in [0.2, 0.25) is 0 Å². The van der Waals surface area contributed by atoms with Crippen LogP contribution in [-0.4, -0.2) is 41.9 Å². The highest BCUT2D eigenvalue weighted by atomic mass is 16.2. The van der Waals surface area contributed by atoms with E-state index in [9.17, 15) is 9.59 Å². The average molecular weight is 347 g/mol. The van der Waals surface area contributed by atoms with E-state index in [1.807, 2.05) is 54.3 Å². The zero-order valence-electron chi connectivity index (χ0n) is 15.0. The van der Waals surface area contributed by atoms with Crippen molar-refractivity contribution in [2.75, 3.05) is 25.2 Å². The summed E-state index contributed by atoms with van der Waals surface area (Å²) in [6.45, 7) is 3.82. The van der Waals surface area contributed by atoms with Crippen LogP contribution in [0.15, 0.2) is 65.9 Å². The van der Waals surface area contributed by atoms with Crippen molar-refractivity contribution >= 4 is 17.5 Å². The number of aryl methyl sites for hydroxylation is 1. The minimum absolute atomic E-state index is 0.195. The first-order valence-electron chi connectivity index (χ1n) is 8.70. The largest absolute Gasteiger partial charge is 0.323 e. The van der Waals surface area contributed by atoms with Gasteiger partial charge in [0.15, 0.2) is 0 Å². The predicted octanol–water partition coefficient (Wildman–Crippen LogP) is 2.53. The number of nitrogens with zero attached hydrogens (tertiary/aromatic N) is 3. The molecule has 2 heterocycles. The molecule has 0 unspecified atom stereocenters. The molecule has 0 saturated heterocycles. The molecule has 0 N–H and O–H groups in total. The summed E-state index contributed by atoms with van der Waals surface area (Å²) >= 11 is 0. The fraction of sp³-hybridized carbons (Fsp3) is 0.238. The maximum absolute atomic E-state index is 12.7. The lowest BCUT2D eigenvalue weighted by atomic mass is 10.1. The summed E-state index contributed by atoms with van der Waals surface area (Å²) in [5, 5.41) is 0. The van der Waals surface area contributed by atoms with Gasteiger partial charge in [-0.25, -0.2) is 0 Å². The Kier molecular flexibility index (Phi) is 4.09. The molecule has 5 nitrogen and oxygen atoms in total. The monoisotopic (exact) mass is 347 g/mol. The molecule has 5 heteroatoms. The first kappa shape index (κ1) is 16.5. The predicted molar refractivity (Wildman–Crippen MR) is 100 cm³/mol. The third kappa shape index (κ3) is 2.80. The maximum atomic E-state index is 12.7. The van der Waals surface area contributed by atoms with Crippen LogP contribution < -0.4 is 4.90 Å². The second kappa shape index (κ2) is 6.42. The van der Waals surface area contributed by atoms with Gasteiger partial charge in [0, 0.05) is 25.8 Å². The number of benzene rings is 2. The maximum Gasteiger partial charge on any atom is 0.277 e. The van der Waals surface area contributed by atoms with Gasteiger partial charge in [-0.1, -0.05) is 48.0 Å². The van der Waals surface area contributed by atoms with Crippen LogP contribution in [0.2, 0.25) is 0 Å². The molecule has 2 aromatic rings. The number of amides is 2. The third-order valence-electron chi connectivity index (χ3n) is 4.94. The molecule has 26 heavy (non-hydrogen) atoms. The SMILES string of the molecule is Cc1ccc(N2CN(Cc3ccccc3)CC3=C2C(=O)N(C)C3=O)cc1. The number of carbonyl (C=O) groups is 2. The van der Waals surface area contributed by atoms with Crippen LogP contribution in [0.1, 0.15) is 11.1 Å². The van der Waals surface area contributed by atoms with Crippen molar-refractivity contribution in [3.05, 3.63) is 77.0 Å². The molecule has 2 amide bonds. The summed E-state index contributed by atoms with van der Waals surface area (Å²) in [6.07, 6.45) is 0. The van der Waals surface area contributed by atoms with Gasteiger partial charge in [-0.2, -0.15) is 0 Å². The topological polar surface area (TPSA) is 43.9 Å². The summed E-state index contributed by atoms with van der Waals surface area (Å²) in [5.74, 6) is -0.412. The molecule has 0 bridgehead atoms. The van der Waals surface area contributed by atoms with Crippen LogP contribution in [0.4, 0.5) is 5.69 Å². The lowest BCUT2D eigenvalue weighted by Gasteiger charge is -2.36. The van der Waals surface area contributed by atoms with Crippen molar-refractivity contribution in [2.24, 2.45) is 0 Å². The van der Waals surface area contributed by atoms with E-state index in [-0.39, 0.29) is 11.8 Å². The summed E-state index contributed by atoms with van der Waals surface area (Å²) in [6, 6.07) is 18.2.